The molecule has 1 aliphatic rings. The second-order valence-electron chi connectivity index (χ2n) is 4.09. The summed E-state index contributed by atoms with van der Waals surface area (Å²) in [5.41, 5.74) is 0. The number of hydrogen-bond acceptors (Lipinski definition) is 2. The molecule has 88 valence electrons. The Morgan fingerprint density at radius 3 is 2.56 bits per heavy atom. The van der Waals surface area contributed by atoms with Crippen LogP contribution in [0.4, 0.5) is 8.78 Å². The van der Waals surface area contributed by atoms with Gasteiger partial charge in [-0.2, -0.15) is 0 Å². The van der Waals surface area contributed by atoms with Gasteiger partial charge in [-0.3, -0.25) is 4.79 Å². The lowest BCUT2D eigenvalue weighted by Gasteiger charge is -2.27. The number of carbonyl (C=O) groups is 1. The van der Waals surface area contributed by atoms with Gasteiger partial charge in [-0.1, -0.05) is 0 Å². The molecule has 0 radical (unpaired) electrons. The predicted octanol–water partition coefficient (Wildman–Crippen LogP) is 4.52. The van der Waals surface area contributed by atoms with Crippen LogP contribution >= 0.6 is 27.3 Å². The topological polar surface area (TPSA) is 17.1 Å². The van der Waals surface area contributed by atoms with E-state index in [0.29, 0.717) is 17.7 Å². The summed E-state index contributed by atoms with van der Waals surface area (Å²) in [4.78, 5) is 12.7. The third kappa shape index (κ3) is 2.51. The molecule has 1 saturated carbocycles. The van der Waals surface area contributed by atoms with E-state index in [-0.39, 0.29) is 24.5 Å². The van der Waals surface area contributed by atoms with E-state index in [4.69, 9.17) is 0 Å². The van der Waals surface area contributed by atoms with Crippen LogP contribution in [-0.2, 0) is 0 Å². The number of halogens is 3. The zero-order chi connectivity index (χ0) is 11.8. The van der Waals surface area contributed by atoms with Crippen molar-refractivity contribution in [3.05, 3.63) is 20.8 Å². The Morgan fingerprint density at radius 1 is 1.44 bits per heavy atom. The highest BCUT2D eigenvalue weighted by Gasteiger charge is 2.38. The van der Waals surface area contributed by atoms with Crippen molar-refractivity contribution in [1.29, 1.82) is 0 Å². The molecule has 0 atom stereocenters. The minimum atomic E-state index is -2.57. The summed E-state index contributed by atoms with van der Waals surface area (Å²) in [6, 6.07) is 1.81. The molecule has 1 heterocycles. The van der Waals surface area contributed by atoms with Crippen molar-refractivity contribution in [2.75, 3.05) is 0 Å². The molecule has 0 amide bonds. The summed E-state index contributed by atoms with van der Waals surface area (Å²) in [5.74, 6) is -2.78. The number of alkyl halides is 2. The van der Waals surface area contributed by atoms with Gasteiger partial charge < -0.3 is 0 Å². The molecule has 16 heavy (non-hydrogen) atoms. The minimum absolute atomic E-state index is 0.0115. The maximum Gasteiger partial charge on any atom is 0.248 e. The summed E-state index contributed by atoms with van der Waals surface area (Å²) < 4.78 is 26.7. The van der Waals surface area contributed by atoms with Crippen molar-refractivity contribution in [2.45, 2.75) is 31.6 Å². The highest BCUT2D eigenvalue weighted by Crippen LogP contribution is 2.38. The van der Waals surface area contributed by atoms with Crippen molar-refractivity contribution in [2.24, 2.45) is 5.92 Å². The van der Waals surface area contributed by atoms with E-state index >= 15 is 0 Å². The second-order valence-corrected chi connectivity index (χ2v) is 5.86. The van der Waals surface area contributed by atoms with Gasteiger partial charge in [-0.05, 0) is 40.2 Å². The van der Waals surface area contributed by atoms with Gasteiger partial charge >= 0.3 is 0 Å². The first kappa shape index (κ1) is 12.2. The third-order valence-corrected chi connectivity index (χ3v) is 4.78. The van der Waals surface area contributed by atoms with Gasteiger partial charge in [0, 0.05) is 23.2 Å². The molecular formula is C11H11BrF2OS. The Morgan fingerprint density at radius 2 is 2.06 bits per heavy atom. The summed E-state index contributed by atoms with van der Waals surface area (Å²) in [6.45, 7) is 0. The molecule has 0 aliphatic heterocycles. The number of carbonyl (C=O) groups excluding carboxylic acids is 1. The van der Waals surface area contributed by atoms with Crippen molar-refractivity contribution in [3.8, 4) is 0 Å². The summed E-state index contributed by atoms with van der Waals surface area (Å²) in [5, 5.41) is 1.83. The van der Waals surface area contributed by atoms with Gasteiger partial charge in [0.2, 0.25) is 5.92 Å². The first-order valence-corrected chi connectivity index (χ1v) is 6.82. The van der Waals surface area contributed by atoms with E-state index in [1.54, 1.807) is 0 Å². The van der Waals surface area contributed by atoms with Gasteiger partial charge in [-0.25, -0.2) is 8.78 Å². The van der Waals surface area contributed by atoms with E-state index in [1.165, 1.54) is 11.3 Å². The Hall–Kier alpha value is -0.290. The fourth-order valence-electron chi connectivity index (χ4n) is 1.96. The van der Waals surface area contributed by atoms with E-state index in [9.17, 15) is 13.6 Å². The number of ketones is 1. The van der Waals surface area contributed by atoms with E-state index in [0.717, 1.165) is 4.47 Å². The normalized spacial score (nSPS) is 20.9. The maximum atomic E-state index is 12.9. The average Bonchev–Trinajstić information content (AvgIpc) is 2.63. The van der Waals surface area contributed by atoms with Crippen LogP contribution in [0.5, 0.6) is 0 Å². The molecule has 0 spiro atoms. The van der Waals surface area contributed by atoms with Crippen LogP contribution in [0.15, 0.2) is 15.9 Å². The second kappa shape index (κ2) is 4.53. The van der Waals surface area contributed by atoms with Gasteiger partial charge in [0.25, 0.3) is 0 Å². The smallest absolute Gasteiger partial charge is 0.248 e. The summed E-state index contributed by atoms with van der Waals surface area (Å²) in [6.07, 6.45) is 0.283. The Bertz CT molecular complexity index is 392. The molecule has 2 rings (SSSR count). The van der Waals surface area contributed by atoms with Crippen LogP contribution < -0.4 is 0 Å². The zero-order valence-electron chi connectivity index (χ0n) is 8.51. The number of hydrogen-bond donors (Lipinski definition) is 0. The van der Waals surface area contributed by atoms with E-state index in [2.05, 4.69) is 15.9 Å². The largest absolute Gasteiger partial charge is 0.293 e. The predicted molar refractivity (Wildman–Crippen MR) is 63.3 cm³/mol. The SMILES string of the molecule is O=C(c1sccc1Br)C1CCC(F)(F)CC1. The Labute approximate surface area is 105 Å². The fourth-order valence-corrected chi connectivity index (χ4v) is 3.54. The van der Waals surface area contributed by atoms with E-state index in [1.807, 2.05) is 11.4 Å². The lowest BCUT2D eigenvalue weighted by atomic mass is 9.84. The van der Waals surface area contributed by atoms with Crippen molar-refractivity contribution < 1.29 is 13.6 Å². The Balaban J connectivity index is 2.05. The molecular weight excluding hydrogens is 298 g/mol. The molecule has 5 heteroatoms. The molecule has 0 bridgehead atoms. The van der Waals surface area contributed by atoms with Crippen molar-refractivity contribution in [1.82, 2.24) is 0 Å². The van der Waals surface area contributed by atoms with E-state index < -0.39 is 5.92 Å². The summed E-state index contributed by atoms with van der Waals surface area (Å²) in [7, 11) is 0. The van der Waals surface area contributed by atoms with Gasteiger partial charge in [0.15, 0.2) is 5.78 Å². The number of Topliss-reactive ketones (excluding diaryl/α,β-unsaturated/α-hetero) is 1. The Kier molecular flexibility index (Phi) is 3.45. The number of thiophene rings is 1. The minimum Gasteiger partial charge on any atom is -0.293 e. The lowest BCUT2D eigenvalue weighted by Crippen LogP contribution is -2.28. The highest BCUT2D eigenvalue weighted by molar-refractivity contribution is 9.10. The molecule has 1 aromatic heterocycles. The van der Waals surface area contributed by atoms with Gasteiger partial charge in [0.05, 0.1) is 4.88 Å². The fraction of sp³-hybridized carbons (Fsp3) is 0.545. The van der Waals surface area contributed by atoms with Crippen LogP contribution in [-0.4, -0.2) is 11.7 Å². The first-order valence-electron chi connectivity index (χ1n) is 5.15. The van der Waals surface area contributed by atoms with Crippen LogP contribution in [0, 0.1) is 5.92 Å². The molecule has 1 aliphatic carbocycles. The molecule has 0 N–H and O–H groups in total. The monoisotopic (exact) mass is 308 g/mol. The molecule has 0 unspecified atom stereocenters. The van der Waals surface area contributed by atoms with Crippen molar-refractivity contribution >= 4 is 33.0 Å². The molecule has 0 aromatic carbocycles. The average molecular weight is 309 g/mol. The van der Waals surface area contributed by atoms with Crippen LogP contribution in [0.3, 0.4) is 0 Å². The van der Waals surface area contributed by atoms with Crippen LogP contribution in [0.25, 0.3) is 0 Å². The van der Waals surface area contributed by atoms with Crippen LogP contribution in [0.2, 0.25) is 0 Å². The summed E-state index contributed by atoms with van der Waals surface area (Å²) >= 11 is 4.66. The van der Waals surface area contributed by atoms with Crippen LogP contribution in [0.1, 0.15) is 35.4 Å². The highest BCUT2D eigenvalue weighted by atomic mass is 79.9. The van der Waals surface area contributed by atoms with Gasteiger partial charge in [-0.15, -0.1) is 11.3 Å². The first-order chi connectivity index (χ1) is 7.49. The molecule has 0 saturated heterocycles. The molecule has 1 aromatic rings. The van der Waals surface area contributed by atoms with Crippen molar-refractivity contribution in [3.63, 3.8) is 0 Å². The standard InChI is InChI=1S/C11H11BrF2OS/c12-8-3-6-16-10(8)9(15)7-1-4-11(13,14)5-2-7/h3,6-7H,1-2,4-5H2. The zero-order valence-corrected chi connectivity index (χ0v) is 10.9. The maximum absolute atomic E-state index is 12.9. The molecule has 1 fully saturated rings. The number of rotatable bonds is 2. The molecule has 1 nitrogen and oxygen atoms in total. The van der Waals surface area contributed by atoms with Gasteiger partial charge in [0.1, 0.15) is 0 Å². The lowest BCUT2D eigenvalue weighted by molar-refractivity contribution is -0.0423. The quantitative estimate of drug-likeness (QED) is 0.734. The third-order valence-electron chi connectivity index (χ3n) is 2.93.